The predicted molar refractivity (Wildman–Crippen MR) is 92.5 cm³/mol. The molecule has 1 atom stereocenters. The van der Waals surface area contributed by atoms with Crippen molar-refractivity contribution in [2.45, 2.75) is 19.4 Å². The van der Waals surface area contributed by atoms with Gasteiger partial charge in [0.15, 0.2) is 0 Å². The van der Waals surface area contributed by atoms with Crippen LogP contribution < -0.4 is 5.32 Å². The molecule has 0 amide bonds. The van der Waals surface area contributed by atoms with Crippen LogP contribution in [0.2, 0.25) is 5.02 Å². The molecule has 6 heteroatoms. The number of hydrogen-bond donors (Lipinski definition) is 1. The van der Waals surface area contributed by atoms with Gasteiger partial charge in [-0.15, -0.1) is 31.4 Å². The molecular weight excluding hydrogens is 334 g/mol. The molecule has 0 saturated carbocycles. The second kappa shape index (κ2) is 9.65. The largest absolute Gasteiger partial charge is 0.314 e. The Morgan fingerprint density at radius 1 is 1.38 bits per heavy atom. The lowest BCUT2D eigenvalue weighted by Gasteiger charge is -2.35. The van der Waals surface area contributed by atoms with Crippen LogP contribution >= 0.6 is 36.4 Å². The van der Waals surface area contributed by atoms with Crippen molar-refractivity contribution < 1.29 is 4.39 Å². The van der Waals surface area contributed by atoms with E-state index in [2.05, 4.69) is 16.8 Å². The van der Waals surface area contributed by atoms with Crippen LogP contribution in [0.4, 0.5) is 4.39 Å². The molecular formula is C15H22Cl3FN2. The number of nitrogens with zero attached hydrogens (tertiary/aromatic N) is 1. The third-order valence-electron chi connectivity index (χ3n) is 3.46. The maximum Gasteiger partial charge on any atom is 0.142 e. The van der Waals surface area contributed by atoms with Crippen LogP contribution in [0.3, 0.4) is 0 Å². The fraction of sp³-hybridized carbons (Fsp3) is 0.467. The molecule has 1 aromatic carbocycles. The highest BCUT2D eigenvalue weighted by Crippen LogP contribution is 2.29. The van der Waals surface area contributed by atoms with Gasteiger partial charge in [0.1, 0.15) is 5.82 Å². The zero-order valence-electron chi connectivity index (χ0n) is 12.1. The SMILES string of the molecule is C=C(C)C[C@H](c1ccc(Cl)c(F)c1)N1CCNCC1.Cl.Cl. The van der Waals surface area contributed by atoms with Crippen LogP contribution in [0.15, 0.2) is 30.4 Å². The Morgan fingerprint density at radius 2 is 2.00 bits per heavy atom. The van der Waals surface area contributed by atoms with Gasteiger partial charge in [0.25, 0.3) is 0 Å². The van der Waals surface area contributed by atoms with Gasteiger partial charge >= 0.3 is 0 Å². The van der Waals surface area contributed by atoms with Gasteiger partial charge in [-0.3, -0.25) is 4.90 Å². The van der Waals surface area contributed by atoms with E-state index in [9.17, 15) is 4.39 Å². The Labute approximate surface area is 143 Å². The number of rotatable bonds is 4. The molecule has 1 aromatic rings. The summed E-state index contributed by atoms with van der Waals surface area (Å²) in [4.78, 5) is 2.38. The second-order valence-corrected chi connectivity index (χ2v) is 5.54. The molecule has 21 heavy (non-hydrogen) atoms. The average molecular weight is 356 g/mol. The highest BCUT2D eigenvalue weighted by atomic mass is 35.5. The lowest BCUT2D eigenvalue weighted by Crippen LogP contribution is -2.45. The van der Waals surface area contributed by atoms with Crippen LogP contribution in [0.25, 0.3) is 0 Å². The lowest BCUT2D eigenvalue weighted by molar-refractivity contribution is 0.172. The van der Waals surface area contributed by atoms with Crippen LogP contribution in [-0.2, 0) is 0 Å². The maximum atomic E-state index is 13.7. The molecule has 120 valence electrons. The minimum Gasteiger partial charge on any atom is -0.314 e. The van der Waals surface area contributed by atoms with Crippen LogP contribution in [0, 0.1) is 5.82 Å². The molecule has 1 aliphatic rings. The highest BCUT2D eigenvalue weighted by molar-refractivity contribution is 6.30. The van der Waals surface area contributed by atoms with Crippen LogP contribution in [0.1, 0.15) is 24.9 Å². The monoisotopic (exact) mass is 354 g/mol. The van der Waals surface area contributed by atoms with Gasteiger partial charge in [0.2, 0.25) is 0 Å². The molecule has 0 unspecified atom stereocenters. The predicted octanol–water partition coefficient (Wildman–Crippen LogP) is 4.24. The first kappa shape index (κ1) is 20.7. The Balaban J connectivity index is 0.00000200. The van der Waals surface area contributed by atoms with Gasteiger partial charge < -0.3 is 5.32 Å². The molecule has 1 heterocycles. The van der Waals surface area contributed by atoms with Crippen molar-refractivity contribution in [1.82, 2.24) is 10.2 Å². The summed E-state index contributed by atoms with van der Waals surface area (Å²) in [6, 6.07) is 5.30. The topological polar surface area (TPSA) is 15.3 Å². The van der Waals surface area contributed by atoms with Gasteiger partial charge in [0, 0.05) is 32.2 Å². The van der Waals surface area contributed by atoms with Crippen molar-refractivity contribution in [1.29, 1.82) is 0 Å². The summed E-state index contributed by atoms with van der Waals surface area (Å²) in [6.07, 6.45) is 0.848. The minimum absolute atomic E-state index is 0. The van der Waals surface area contributed by atoms with E-state index >= 15 is 0 Å². The van der Waals surface area contributed by atoms with Gasteiger partial charge in [-0.25, -0.2) is 4.39 Å². The standard InChI is InChI=1S/C15H20ClFN2.2ClH/c1-11(2)9-15(19-7-5-18-6-8-19)12-3-4-13(16)14(17)10-12;;/h3-4,10,15,18H,1,5-9H2,2H3;2*1H/t15-;;/m1../s1. The number of hydrogen-bond acceptors (Lipinski definition) is 2. The quantitative estimate of drug-likeness (QED) is 0.813. The van der Waals surface area contributed by atoms with E-state index in [4.69, 9.17) is 11.6 Å². The first-order valence-corrected chi connectivity index (χ1v) is 7.00. The van der Waals surface area contributed by atoms with Crippen LogP contribution in [-0.4, -0.2) is 31.1 Å². The smallest absolute Gasteiger partial charge is 0.142 e. The number of piperazine rings is 1. The highest BCUT2D eigenvalue weighted by Gasteiger charge is 2.22. The van der Waals surface area contributed by atoms with E-state index in [0.29, 0.717) is 0 Å². The summed E-state index contributed by atoms with van der Waals surface area (Å²) in [5, 5.41) is 3.51. The third-order valence-corrected chi connectivity index (χ3v) is 3.77. The Kier molecular flexibility index (Phi) is 9.50. The summed E-state index contributed by atoms with van der Waals surface area (Å²) >= 11 is 5.76. The summed E-state index contributed by atoms with van der Waals surface area (Å²) < 4.78 is 13.7. The zero-order valence-corrected chi connectivity index (χ0v) is 14.5. The lowest BCUT2D eigenvalue weighted by atomic mass is 9.98. The van der Waals surface area contributed by atoms with Crippen molar-refractivity contribution in [3.8, 4) is 0 Å². The van der Waals surface area contributed by atoms with E-state index in [1.165, 1.54) is 0 Å². The van der Waals surface area contributed by atoms with E-state index in [1.807, 2.05) is 13.0 Å². The summed E-state index contributed by atoms with van der Waals surface area (Å²) in [6.45, 7) is 9.91. The van der Waals surface area contributed by atoms with Crippen molar-refractivity contribution >= 4 is 36.4 Å². The molecule has 1 aliphatic heterocycles. The van der Waals surface area contributed by atoms with Crippen molar-refractivity contribution in [3.05, 3.63) is 46.8 Å². The molecule has 0 aliphatic carbocycles. The molecule has 1 saturated heterocycles. The van der Waals surface area contributed by atoms with E-state index in [-0.39, 0.29) is 41.7 Å². The maximum absolute atomic E-state index is 13.7. The number of halogens is 4. The first-order valence-electron chi connectivity index (χ1n) is 6.62. The Bertz CT molecular complexity index is 462. The zero-order chi connectivity index (χ0) is 13.8. The first-order chi connectivity index (χ1) is 9.08. The molecule has 2 rings (SSSR count). The fourth-order valence-corrected chi connectivity index (χ4v) is 2.62. The second-order valence-electron chi connectivity index (χ2n) is 5.14. The summed E-state index contributed by atoms with van der Waals surface area (Å²) in [5.74, 6) is -0.346. The Hall–Kier alpha value is -0.320. The molecule has 0 bridgehead atoms. The van der Waals surface area contributed by atoms with Gasteiger partial charge in [-0.05, 0) is 31.0 Å². The molecule has 0 radical (unpaired) electrons. The van der Waals surface area contributed by atoms with Crippen molar-refractivity contribution in [3.63, 3.8) is 0 Å². The van der Waals surface area contributed by atoms with Gasteiger partial charge in [-0.1, -0.05) is 23.2 Å². The Morgan fingerprint density at radius 3 is 2.52 bits per heavy atom. The van der Waals surface area contributed by atoms with E-state index < -0.39 is 0 Å². The third kappa shape index (κ3) is 5.76. The fourth-order valence-electron chi connectivity index (χ4n) is 2.50. The van der Waals surface area contributed by atoms with Gasteiger partial charge in [-0.2, -0.15) is 0 Å². The summed E-state index contributed by atoms with van der Waals surface area (Å²) in [5.41, 5.74) is 2.09. The molecule has 0 spiro atoms. The number of benzene rings is 1. The number of nitrogens with one attached hydrogen (secondary N) is 1. The van der Waals surface area contributed by atoms with Gasteiger partial charge in [0.05, 0.1) is 5.02 Å². The normalized spacial score (nSPS) is 16.5. The van der Waals surface area contributed by atoms with Crippen molar-refractivity contribution in [2.75, 3.05) is 26.2 Å². The average Bonchev–Trinajstić information content (AvgIpc) is 2.40. The molecule has 2 nitrogen and oxygen atoms in total. The molecule has 0 aromatic heterocycles. The van der Waals surface area contributed by atoms with E-state index in [1.54, 1.807) is 12.1 Å². The molecule has 1 fully saturated rings. The van der Waals surface area contributed by atoms with Crippen LogP contribution in [0.5, 0.6) is 0 Å². The van der Waals surface area contributed by atoms with E-state index in [0.717, 1.165) is 43.7 Å². The minimum atomic E-state index is -0.346. The summed E-state index contributed by atoms with van der Waals surface area (Å²) in [7, 11) is 0. The molecule has 1 N–H and O–H groups in total. The van der Waals surface area contributed by atoms with Crippen molar-refractivity contribution in [2.24, 2.45) is 0 Å².